The predicted molar refractivity (Wildman–Crippen MR) is 101 cm³/mol. The van der Waals surface area contributed by atoms with E-state index in [0.717, 1.165) is 4.57 Å². The van der Waals surface area contributed by atoms with Crippen molar-refractivity contribution in [2.45, 2.75) is 6.92 Å². The largest absolute Gasteiger partial charge is 0.495 e. The number of hydrogen-bond donors (Lipinski definition) is 0. The van der Waals surface area contributed by atoms with E-state index in [1.807, 2.05) is 0 Å². The SMILES string of the molecule is CCOC(=O)c1nc2ccccc2c(=O)n1-c1cc(Cl)c(OC)cc1OC. The minimum absolute atomic E-state index is 0.141. The molecule has 3 rings (SSSR count). The van der Waals surface area contributed by atoms with E-state index in [4.69, 9.17) is 25.8 Å². The Bertz CT molecular complexity index is 1080. The van der Waals surface area contributed by atoms with E-state index in [-0.39, 0.29) is 23.1 Å². The molecule has 1 aromatic heterocycles. The number of aromatic nitrogens is 2. The van der Waals surface area contributed by atoms with E-state index in [0.29, 0.717) is 22.4 Å². The first-order valence-corrected chi connectivity index (χ1v) is 8.50. The summed E-state index contributed by atoms with van der Waals surface area (Å²) >= 11 is 6.24. The molecule has 0 radical (unpaired) electrons. The third-order valence-electron chi connectivity index (χ3n) is 3.93. The smallest absolute Gasteiger partial charge is 0.375 e. The maximum atomic E-state index is 13.2. The summed E-state index contributed by atoms with van der Waals surface area (Å²) < 4.78 is 16.8. The van der Waals surface area contributed by atoms with E-state index >= 15 is 0 Å². The first-order chi connectivity index (χ1) is 13.0. The highest BCUT2D eigenvalue weighted by atomic mass is 35.5. The highest BCUT2D eigenvalue weighted by Crippen LogP contribution is 2.34. The zero-order valence-electron chi connectivity index (χ0n) is 15.0. The third-order valence-corrected chi connectivity index (χ3v) is 4.22. The molecule has 2 aromatic carbocycles. The van der Waals surface area contributed by atoms with Gasteiger partial charge in [-0.15, -0.1) is 0 Å². The number of carbonyl (C=O) groups excluding carboxylic acids is 1. The summed E-state index contributed by atoms with van der Waals surface area (Å²) in [5.41, 5.74) is 0.207. The average molecular weight is 389 g/mol. The highest BCUT2D eigenvalue weighted by Gasteiger charge is 2.23. The Morgan fingerprint density at radius 2 is 1.85 bits per heavy atom. The van der Waals surface area contributed by atoms with Crippen LogP contribution in [0.25, 0.3) is 16.6 Å². The summed E-state index contributed by atoms with van der Waals surface area (Å²) in [7, 11) is 2.91. The Morgan fingerprint density at radius 3 is 2.52 bits per heavy atom. The molecular weight excluding hydrogens is 372 g/mol. The quantitative estimate of drug-likeness (QED) is 0.624. The fraction of sp³-hybridized carbons (Fsp3) is 0.211. The molecule has 0 N–H and O–H groups in total. The number of benzene rings is 2. The molecule has 3 aromatic rings. The molecule has 0 aliphatic carbocycles. The summed E-state index contributed by atoms with van der Waals surface area (Å²) in [5.74, 6) is -0.229. The van der Waals surface area contributed by atoms with Gasteiger partial charge < -0.3 is 14.2 Å². The normalized spacial score (nSPS) is 10.7. The number of fused-ring (bicyclic) bond motifs is 1. The van der Waals surface area contributed by atoms with Crippen LogP contribution in [0.5, 0.6) is 11.5 Å². The highest BCUT2D eigenvalue weighted by molar-refractivity contribution is 6.32. The van der Waals surface area contributed by atoms with Gasteiger partial charge in [-0.3, -0.25) is 9.36 Å². The van der Waals surface area contributed by atoms with E-state index in [9.17, 15) is 9.59 Å². The third kappa shape index (κ3) is 3.33. The van der Waals surface area contributed by atoms with Crippen molar-refractivity contribution >= 4 is 28.5 Å². The number of halogens is 1. The zero-order valence-corrected chi connectivity index (χ0v) is 15.7. The van der Waals surface area contributed by atoms with Crippen molar-refractivity contribution in [1.29, 1.82) is 0 Å². The maximum absolute atomic E-state index is 13.2. The van der Waals surface area contributed by atoms with Crippen LogP contribution in [0.2, 0.25) is 5.02 Å². The van der Waals surface area contributed by atoms with Gasteiger partial charge in [0.1, 0.15) is 11.5 Å². The van der Waals surface area contributed by atoms with Crippen LogP contribution in [0.1, 0.15) is 17.5 Å². The molecule has 8 heteroatoms. The van der Waals surface area contributed by atoms with E-state index < -0.39 is 11.5 Å². The van der Waals surface area contributed by atoms with Gasteiger partial charge in [0, 0.05) is 6.07 Å². The minimum atomic E-state index is -0.727. The molecule has 0 bridgehead atoms. The number of carbonyl (C=O) groups is 1. The van der Waals surface area contributed by atoms with Gasteiger partial charge in [0.15, 0.2) is 0 Å². The average Bonchev–Trinajstić information content (AvgIpc) is 2.68. The molecule has 0 spiro atoms. The van der Waals surface area contributed by atoms with E-state index in [2.05, 4.69) is 4.98 Å². The molecule has 1 heterocycles. The number of para-hydroxylation sites is 1. The van der Waals surface area contributed by atoms with Crippen molar-refractivity contribution in [2.75, 3.05) is 20.8 Å². The van der Waals surface area contributed by atoms with Crippen LogP contribution in [0.4, 0.5) is 0 Å². The number of hydrogen-bond acceptors (Lipinski definition) is 6. The molecule has 0 saturated carbocycles. The summed E-state index contributed by atoms with van der Waals surface area (Å²) in [5, 5.41) is 0.600. The molecule has 0 fully saturated rings. The number of ether oxygens (including phenoxy) is 3. The van der Waals surface area contributed by atoms with Crippen LogP contribution >= 0.6 is 11.6 Å². The van der Waals surface area contributed by atoms with Gasteiger partial charge >= 0.3 is 5.97 Å². The second-order valence-electron chi connectivity index (χ2n) is 5.47. The first-order valence-electron chi connectivity index (χ1n) is 8.12. The van der Waals surface area contributed by atoms with Crippen LogP contribution < -0.4 is 15.0 Å². The summed E-state index contributed by atoms with van der Waals surface area (Å²) in [6, 6.07) is 9.76. The van der Waals surface area contributed by atoms with Gasteiger partial charge in [0.25, 0.3) is 5.56 Å². The van der Waals surface area contributed by atoms with Gasteiger partial charge in [-0.25, -0.2) is 9.78 Å². The molecule has 0 amide bonds. The van der Waals surface area contributed by atoms with Gasteiger partial charge in [-0.1, -0.05) is 23.7 Å². The first kappa shape index (κ1) is 18.7. The number of nitrogens with zero attached hydrogens (tertiary/aromatic N) is 2. The van der Waals surface area contributed by atoms with Crippen LogP contribution in [0, 0.1) is 0 Å². The van der Waals surface area contributed by atoms with Crippen LogP contribution in [0.15, 0.2) is 41.2 Å². The molecule has 140 valence electrons. The van der Waals surface area contributed by atoms with E-state index in [1.54, 1.807) is 31.2 Å². The standard InChI is InChI=1S/C19H17ClN2O5/c1-4-27-19(24)17-21-13-8-6-5-7-11(13)18(23)22(17)14-9-12(20)15(25-2)10-16(14)26-3/h5-10H,4H2,1-3H3. The Morgan fingerprint density at radius 1 is 1.15 bits per heavy atom. The van der Waals surface area contributed by atoms with Gasteiger partial charge in [0.2, 0.25) is 5.82 Å². The van der Waals surface area contributed by atoms with Crippen molar-refractivity contribution < 1.29 is 19.0 Å². The molecule has 27 heavy (non-hydrogen) atoms. The van der Waals surface area contributed by atoms with Crippen LogP contribution in [0.3, 0.4) is 0 Å². The topological polar surface area (TPSA) is 79.7 Å². The lowest BCUT2D eigenvalue weighted by Gasteiger charge is -2.17. The lowest BCUT2D eigenvalue weighted by Crippen LogP contribution is -2.28. The minimum Gasteiger partial charge on any atom is -0.495 e. The molecule has 0 aliphatic rings. The summed E-state index contributed by atoms with van der Waals surface area (Å²) in [6.07, 6.45) is 0. The summed E-state index contributed by atoms with van der Waals surface area (Å²) in [6.45, 7) is 1.81. The Balaban J connectivity index is 2.41. The second kappa shape index (κ2) is 7.67. The number of rotatable bonds is 5. The molecule has 0 atom stereocenters. The molecule has 0 saturated heterocycles. The predicted octanol–water partition coefficient (Wildman–Crippen LogP) is 3.23. The van der Waals surface area contributed by atoms with E-state index in [1.165, 1.54) is 26.4 Å². The van der Waals surface area contributed by atoms with Crippen molar-refractivity contribution in [3.8, 4) is 17.2 Å². The maximum Gasteiger partial charge on any atom is 0.375 e. The molecular formula is C19H17ClN2O5. The Labute approximate surface area is 160 Å². The lowest BCUT2D eigenvalue weighted by molar-refractivity contribution is 0.0508. The van der Waals surface area contributed by atoms with Crippen LogP contribution in [-0.4, -0.2) is 36.3 Å². The van der Waals surface area contributed by atoms with Gasteiger partial charge in [0.05, 0.1) is 42.4 Å². The van der Waals surface area contributed by atoms with Crippen molar-refractivity contribution in [2.24, 2.45) is 0 Å². The number of esters is 1. The van der Waals surface area contributed by atoms with Crippen molar-refractivity contribution in [3.05, 3.63) is 57.6 Å². The lowest BCUT2D eigenvalue weighted by atomic mass is 10.2. The van der Waals surface area contributed by atoms with Crippen molar-refractivity contribution in [1.82, 2.24) is 9.55 Å². The Hall–Kier alpha value is -3.06. The fourth-order valence-electron chi connectivity index (χ4n) is 2.71. The monoisotopic (exact) mass is 388 g/mol. The second-order valence-corrected chi connectivity index (χ2v) is 5.88. The number of methoxy groups -OCH3 is 2. The fourth-order valence-corrected chi connectivity index (χ4v) is 2.94. The molecule has 7 nitrogen and oxygen atoms in total. The van der Waals surface area contributed by atoms with Crippen LogP contribution in [-0.2, 0) is 4.74 Å². The zero-order chi connectivity index (χ0) is 19.6. The molecule has 0 unspecified atom stereocenters. The molecule has 0 aliphatic heterocycles. The Kier molecular flexibility index (Phi) is 5.32. The van der Waals surface area contributed by atoms with Gasteiger partial charge in [-0.05, 0) is 25.1 Å². The summed E-state index contributed by atoms with van der Waals surface area (Å²) in [4.78, 5) is 30.0. The van der Waals surface area contributed by atoms with Crippen molar-refractivity contribution in [3.63, 3.8) is 0 Å². The van der Waals surface area contributed by atoms with Gasteiger partial charge in [-0.2, -0.15) is 0 Å².